The van der Waals surface area contributed by atoms with Crippen molar-refractivity contribution >= 4 is 11.5 Å². The minimum Gasteiger partial charge on any atom is -0.465 e. The van der Waals surface area contributed by atoms with Gasteiger partial charge >= 0.3 is 5.97 Å². The molecule has 0 aliphatic heterocycles. The molecule has 0 bridgehead atoms. The van der Waals surface area contributed by atoms with Crippen LogP contribution in [0.3, 0.4) is 0 Å². The first-order chi connectivity index (χ1) is 6.15. The quantitative estimate of drug-likeness (QED) is 0.647. The average molecular weight is 177 g/mol. The molecule has 13 heavy (non-hydrogen) atoms. The van der Waals surface area contributed by atoms with Gasteiger partial charge in [-0.05, 0) is 24.6 Å². The largest absolute Gasteiger partial charge is 0.465 e. The number of hydrogen-bond donors (Lipinski definition) is 0. The van der Waals surface area contributed by atoms with Gasteiger partial charge in [-0.15, -0.1) is 0 Å². The first-order valence-electron chi connectivity index (χ1n) is 3.85. The van der Waals surface area contributed by atoms with Crippen LogP contribution in [0.25, 0.3) is 5.57 Å². The van der Waals surface area contributed by atoms with Crippen molar-refractivity contribution in [1.29, 1.82) is 0 Å². The van der Waals surface area contributed by atoms with Crippen LogP contribution >= 0.6 is 0 Å². The van der Waals surface area contributed by atoms with E-state index in [1.54, 1.807) is 12.1 Å². The molecule has 0 saturated carbocycles. The summed E-state index contributed by atoms with van der Waals surface area (Å²) in [5.74, 6) is -0.374. The van der Waals surface area contributed by atoms with E-state index in [0.29, 0.717) is 5.56 Å². The maximum Gasteiger partial charge on any atom is 0.339 e. The third-order valence-corrected chi connectivity index (χ3v) is 1.62. The summed E-state index contributed by atoms with van der Waals surface area (Å²) in [5.41, 5.74) is 2.11. The molecule has 0 unspecified atom stereocenters. The van der Waals surface area contributed by atoms with Gasteiger partial charge in [0.05, 0.1) is 18.4 Å². The van der Waals surface area contributed by atoms with Crippen molar-refractivity contribution in [3.05, 3.63) is 36.2 Å². The molecule has 3 heteroatoms. The molecule has 0 aliphatic carbocycles. The third kappa shape index (κ3) is 2.15. The van der Waals surface area contributed by atoms with Crippen molar-refractivity contribution in [2.75, 3.05) is 7.11 Å². The molecule has 0 amide bonds. The van der Waals surface area contributed by atoms with Crippen LogP contribution in [0.4, 0.5) is 0 Å². The summed E-state index contributed by atoms with van der Waals surface area (Å²) in [7, 11) is 1.34. The number of aromatic nitrogens is 1. The molecule has 68 valence electrons. The minimum absolute atomic E-state index is 0.374. The van der Waals surface area contributed by atoms with Crippen molar-refractivity contribution in [2.24, 2.45) is 0 Å². The van der Waals surface area contributed by atoms with Gasteiger partial charge < -0.3 is 4.74 Å². The van der Waals surface area contributed by atoms with E-state index in [-0.39, 0.29) is 5.97 Å². The molecule has 0 aliphatic rings. The van der Waals surface area contributed by atoms with E-state index >= 15 is 0 Å². The molecule has 3 nitrogen and oxygen atoms in total. The first kappa shape index (κ1) is 9.45. The maximum absolute atomic E-state index is 11.0. The van der Waals surface area contributed by atoms with Crippen LogP contribution in [0, 0.1) is 0 Å². The van der Waals surface area contributed by atoms with Crippen LogP contribution in [0.5, 0.6) is 0 Å². The number of esters is 1. The fourth-order valence-electron chi connectivity index (χ4n) is 0.885. The predicted octanol–water partition coefficient (Wildman–Crippen LogP) is 1.90. The average Bonchev–Trinajstić information content (AvgIpc) is 2.17. The fourth-order valence-corrected chi connectivity index (χ4v) is 0.885. The van der Waals surface area contributed by atoms with Gasteiger partial charge in [-0.3, -0.25) is 4.98 Å². The SMILES string of the molecule is C=C(C)c1ccc(C(=O)OC)cn1. The van der Waals surface area contributed by atoms with Crippen LogP contribution in [0.2, 0.25) is 0 Å². The van der Waals surface area contributed by atoms with E-state index in [1.807, 2.05) is 6.92 Å². The lowest BCUT2D eigenvalue weighted by Crippen LogP contribution is -2.01. The van der Waals surface area contributed by atoms with Crippen LogP contribution in [-0.2, 0) is 4.74 Å². The highest BCUT2D eigenvalue weighted by Gasteiger charge is 2.04. The lowest BCUT2D eigenvalue weighted by molar-refractivity contribution is 0.0600. The summed E-state index contributed by atoms with van der Waals surface area (Å²) in [6.45, 7) is 5.60. The van der Waals surface area contributed by atoms with Crippen molar-refractivity contribution in [1.82, 2.24) is 4.98 Å². The zero-order valence-corrected chi connectivity index (χ0v) is 7.70. The summed E-state index contributed by atoms with van der Waals surface area (Å²) >= 11 is 0. The zero-order valence-electron chi connectivity index (χ0n) is 7.70. The number of pyridine rings is 1. The summed E-state index contributed by atoms with van der Waals surface area (Å²) in [6.07, 6.45) is 1.48. The van der Waals surface area contributed by atoms with Gasteiger partial charge in [-0.25, -0.2) is 4.79 Å². The molecule has 0 spiro atoms. The fraction of sp³-hybridized carbons (Fsp3) is 0.200. The number of nitrogens with zero attached hydrogens (tertiary/aromatic N) is 1. The molecule has 0 atom stereocenters. The van der Waals surface area contributed by atoms with Crippen LogP contribution in [0.15, 0.2) is 24.9 Å². The van der Waals surface area contributed by atoms with Gasteiger partial charge in [-0.1, -0.05) is 6.58 Å². The summed E-state index contributed by atoms with van der Waals surface area (Å²) in [4.78, 5) is 15.1. The van der Waals surface area contributed by atoms with Crippen molar-refractivity contribution in [2.45, 2.75) is 6.92 Å². The molecule has 1 rings (SSSR count). The highest BCUT2D eigenvalue weighted by Crippen LogP contribution is 2.08. The number of allylic oxidation sites excluding steroid dienone is 1. The second-order valence-corrected chi connectivity index (χ2v) is 2.70. The Kier molecular flexibility index (Phi) is 2.80. The van der Waals surface area contributed by atoms with Gasteiger partial charge in [-0.2, -0.15) is 0 Å². The second kappa shape index (κ2) is 3.85. The smallest absolute Gasteiger partial charge is 0.339 e. The van der Waals surface area contributed by atoms with E-state index < -0.39 is 0 Å². The van der Waals surface area contributed by atoms with Gasteiger partial charge in [0, 0.05) is 6.20 Å². The molecular weight excluding hydrogens is 166 g/mol. The number of ether oxygens (including phenoxy) is 1. The van der Waals surface area contributed by atoms with Crippen molar-refractivity contribution in [3.8, 4) is 0 Å². The first-order valence-corrected chi connectivity index (χ1v) is 3.85. The summed E-state index contributed by atoms with van der Waals surface area (Å²) in [6, 6.07) is 3.41. The topological polar surface area (TPSA) is 39.2 Å². The molecule has 1 aromatic rings. The normalized spacial score (nSPS) is 9.38. The van der Waals surface area contributed by atoms with Crippen LogP contribution in [0.1, 0.15) is 23.0 Å². The van der Waals surface area contributed by atoms with Crippen LogP contribution in [-0.4, -0.2) is 18.1 Å². The highest BCUT2D eigenvalue weighted by atomic mass is 16.5. The van der Waals surface area contributed by atoms with Gasteiger partial charge in [0.1, 0.15) is 0 Å². The van der Waals surface area contributed by atoms with E-state index in [1.165, 1.54) is 13.3 Å². The standard InChI is InChI=1S/C10H11NO2/c1-7(2)9-5-4-8(6-11-9)10(12)13-3/h4-6H,1H2,2-3H3. The molecule has 0 saturated heterocycles. The Bertz CT molecular complexity index is 327. The van der Waals surface area contributed by atoms with E-state index in [4.69, 9.17) is 0 Å². The number of carbonyl (C=O) groups is 1. The van der Waals surface area contributed by atoms with Gasteiger partial charge in [0.25, 0.3) is 0 Å². The lowest BCUT2D eigenvalue weighted by Gasteiger charge is -2.00. The van der Waals surface area contributed by atoms with E-state index in [9.17, 15) is 4.79 Å². The zero-order chi connectivity index (χ0) is 9.84. The van der Waals surface area contributed by atoms with E-state index in [0.717, 1.165) is 11.3 Å². The van der Waals surface area contributed by atoms with Gasteiger partial charge in [0.15, 0.2) is 0 Å². The molecule has 0 radical (unpaired) electrons. The molecule has 0 N–H and O–H groups in total. The van der Waals surface area contributed by atoms with E-state index in [2.05, 4.69) is 16.3 Å². The van der Waals surface area contributed by atoms with Crippen molar-refractivity contribution in [3.63, 3.8) is 0 Å². The minimum atomic E-state index is -0.374. The molecule has 1 aromatic heterocycles. The monoisotopic (exact) mass is 177 g/mol. The highest BCUT2D eigenvalue weighted by molar-refractivity contribution is 5.89. The predicted molar refractivity (Wildman–Crippen MR) is 50.3 cm³/mol. The maximum atomic E-state index is 11.0. The number of methoxy groups -OCH3 is 1. The Labute approximate surface area is 77.1 Å². The Morgan fingerprint density at radius 2 is 2.23 bits per heavy atom. The number of rotatable bonds is 2. The van der Waals surface area contributed by atoms with Crippen LogP contribution < -0.4 is 0 Å². The third-order valence-electron chi connectivity index (χ3n) is 1.62. The second-order valence-electron chi connectivity index (χ2n) is 2.70. The molecule has 0 aromatic carbocycles. The number of carbonyl (C=O) groups excluding carboxylic acids is 1. The molecule has 0 fully saturated rings. The summed E-state index contributed by atoms with van der Waals surface area (Å²) < 4.78 is 4.54. The Hall–Kier alpha value is -1.64. The Balaban J connectivity index is 2.93. The summed E-state index contributed by atoms with van der Waals surface area (Å²) in [5, 5.41) is 0. The Morgan fingerprint density at radius 3 is 2.62 bits per heavy atom. The van der Waals surface area contributed by atoms with Gasteiger partial charge in [0.2, 0.25) is 0 Å². The lowest BCUT2D eigenvalue weighted by atomic mass is 10.2. The Morgan fingerprint density at radius 1 is 1.54 bits per heavy atom. The number of hydrogen-bond acceptors (Lipinski definition) is 3. The molecular formula is C10H11NO2. The molecule has 1 heterocycles. The van der Waals surface area contributed by atoms with Crippen molar-refractivity contribution < 1.29 is 9.53 Å².